The maximum atomic E-state index is 6.13. The van der Waals surface area contributed by atoms with Gasteiger partial charge in [0.05, 0.1) is 0 Å². The zero-order chi connectivity index (χ0) is 13.0. The largest absolute Gasteiger partial charge is 1.00 e. The summed E-state index contributed by atoms with van der Waals surface area (Å²) < 4.78 is 0. The summed E-state index contributed by atoms with van der Waals surface area (Å²) in [4.78, 5) is 0. The molecule has 4 heteroatoms. The molecule has 0 amide bonds. The van der Waals surface area contributed by atoms with Crippen molar-refractivity contribution in [2.75, 3.05) is 0 Å². The predicted molar refractivity (Wildman–Crippen MR) is 78.2 cm³/mol. The van der Waals surface area contributed by atoms with Crippen molar-refractivity contribution in [1.29, 1.82) is 0 Å². The van der Waals surface area contributed by atoms with Gasteiger partial charge in [-0.1, -0.05) is 59.6 Å². The van der Waals surface area contributed by atoms with Crippen LogP contribution in [0.3, 0.4) is 0 Å². The van der Waals surface area contributed by atoms with E-state index in [0.717, 1.165) is 12.1 Å². The second-order valence-electron chi connectivity index (χ2n) is 4.25. The van der Waals surface area contributed by atoms with Crippen molar-refractivity contribution in [3.8, 4) is 0 Å². The van der Waals surface area contributed by atoms with Gasteiger partial charge in [-0.15, -0.1) is 0 Å². The van der Waals surface area contributed by atoms with E-state index >= 15 is 0 Å². The van der Waals surface area contributed by atoms with Crippen LogP contribution in [0.15, 0.2) is 48.5 Å². The van der Waals surface area contributed by atoms with Crippen LogP contribution in [-0.4, -0.2) is 0 Å². The van der Waals surface area contributed by atoms with Crippen LogP contribution in [0.1, 0.15) is 24.1 Å². The normalized spacial score (nSPS) is 11.7. The maximum Gasteiger partial charge on any atom is 0.0465 e. The van der Waals surface area contributed by atoms with Crippen LogP contribution in [0.4, 0.5) is 0 Å². The van der Waals surface area contributed by atoms with Crippen molar-refractivity contribution in [3.63, 3.8) is 0 Å². The van der Waals surface area contributed by atoms with E-state index in [2.05, 4.69) is 24.4 Å². The van der Waals surface area contributed by atoms with E-state index in [-0.39, 0.29) is 18.4 Å². The molecule has 0 aromatic heterocycles. The molecule has 0 aliphatic heterocycles. The molecule has 0 bridgehead atoms. The fourth-order valence-electron chi connectivity index (χ4n) is 1.79. The SMILES string of the molecule is CC(NCc1ccc(Cl)cc1Cl)c1ccccc1.[Cl-]. The van der Waals surface area contributed by atoms with Crippen molar-refractivity contribution in [3.05, 3.63) is 69.7 Å². The van der Waals surface area contributed by atoms with Gasteiger partial charge in [-0.25, -0.2) is 0 Å². The highest BCUT2D eigenvalue weighted by atomic mass is 35.5. The van der Waals surface area contributed by atoms with Crippen LogP contribution in [-0.2, 0) is 6.54 Å². The Hall–Kier alpha value is -0.730. The number of nitrogens with one attached hydrogen (secondary N) is 1. The Morgan fingerprint density at radius 3 is 2.37 bits per heavy atom. The molecule has 0 spiro atoms. The van der Waals surface area contributed by atoms with Crippen LogP contribution in [0.5, 0.6) is 0 Å². The van der Waals surface area contributed by atoms with E-state index in [4.69, 9.17) is 23.2 Å². The molecule has 1 unspecified atom stereocenters. The first-order valence-electron chi connectivity index (χ1n) is 5.89. The fourth-order valence-corrected chi connectivity index (χ4v) is 2.26. The first kappa shape index (κ1) is 16.3. The lowest BCUT2D eigenvalue weighted by molar-refractivity contribution is -0.00000353. The molecule has 1 nitrogen and oxygen atoms in total. The van der Waals surface area contributed by atoms with Gasteiger partial charge in [-0.05, 0) is 30.2 Å². The van der Waals surface area contributed by atoms with Crippen LogP contribution >= 0.6 is 23.2 Å². The second kappa shape index (κ2) is 7.76. The average Bonchev–Trinajstić information content (AvgIpc) is 2.38. The molecular formula is C15H15Cl3N-. The molecule has 19 heavy (non-hydrogen) atoms. The third kappa shape index (κ3) is 4.70. The Morgan fingerprint density at radius 1 is 1.05 bits per heavy atom. The van der Waals surface area contributed by atoms with E-state index in [0.29, 0.717) is 10.0 Å². The molecule has 102 valence electrons. The summed E-state index contributed by atoms with van der Waals surface area (Å²) in [5.74, 6) is 0. The molecule has 0 heterocycles. The van der Waals surface area contributed by atoms with Crippen molar-refractivity contribution >= 4 is 23.2 Å². The van der Waals surface area contributed by atoms with Crippen molar-refractivity contribution in [1.82, 2.24) is 5.32 Å². The predicted octanol–water partition coefficient (Wildman–Crippen LogP) is 1.85. The van der Waals surface area contributed by atoms with Gasteiger partial charge < -0.3 is 17.7 Å². The van der Waals surface area contributed by atoms with Crippen LogP contribution in [0.25, 0.3) is 0 Å². The third-order valence-corrected chi connectivity index (χ3v) is 3.50. The molecule has 0 saturated carbocycles. The zero-order valence-corrected chi connectivity index (χ0v) is 12.8. The number of hydrogen-bond donors (Lipinski definition) is 1. The van der Waals surface area contributed by atoms with Crippen LogP contribution < -0.4 is 17.7 Å². The maximum absolute atomic E-state index is 6.13. The van der Waals surface area contributed by atoms with Gasteiger partial charge in [0.25, 0.3) is 0 Å². The van der Waals surface area contributed by atoms with Gasteiger partial charge in [0, 0.05) is 22.6 Å². The molecule has 2 rings (SSSR count). The Morgan fingerprint density at radius 2 is 1.74 bits per heavy atom. The molecule has 0 saturated heterocycles. The standard InChI is InChI=1S/C15H15Cl2N.ClH/c1-11(12-5-3-2-4-6-12)18-10-13-7-8-14(16)9-15(13)17;/h2-9,11,18H,10H2,1H3;1H/p-1. The van der Waals surface area contributed by atoms with Gasteiger partial charge >= 0.3 is 0 Å². The highest BCUT2D eigenvalue weighted by molar-refractivity contribution is 6.35. The summed E-state index contributed by atoms with van der Waals surface area (Å²) in [7, 11) is 0. The van der Waals surface area contributed by atoms with E-state index in [1.165, 1.54) is 5.56 Å². The highest BCUT2D eigenvalue weighted by Gasteiger charge is 2.06. The quantitative estimate of drug-likeness (QED) is 0.908. The van der Waals surface area contributed by atoms with Crippen molar-refractivity contribution < 1.29 is 12.4 Å². The van der Waals surface area contributed by atoms with Crippen LogP contribution in [0.2, 0.25) is 10.0 Å². The smallest absolute Gasteiger partial charge is 0.0465 e. The first-order chi connectivity index (χ1) is 8.66. The highest BCUT2D eigenvalue weighted by Crippen LogP contribution is 2.21. The molecule has 0 radical (unpaired) electrons. The number of halogens is 3. The second-order valence-corrected chi connectivity index (χ2v) is 5.09. The molecule has 2 aromatic carbocycles. The minimum atomic E-state index is 0. The minimum Gasteiger partial charge on any atom is -1.00 e. The molecule has 2 aromatic rings. The van der Waals surface area contributed by atoms with E-state index in [9.17, 15) is 0 Å². The fraction of sp³-hybridized carbons (Fsp3) is 0.200. The molecule has 0 fully saturated rings. The minimum absolute atomic E-state index is 0. The summed E-state index contributed by atoms with van der Waals surface area (Å²) in [5.41, 5.74) is 2.33. The summed E-state index contributed by atoms with van der Waals surface area (Å²) in [6.45, 7) is 2.87. The van der Waals surface area contributed by atoms with E-state index < -0.39 is 0 Å². The summed E-state index contributed by atoms with van der Waals surface area (Å²) in [5, 5.41) is 4.82. The Bertz CT molecular complexity index is 514. The monoisotopic (exact) mass is 314 g/mol. The first-order valence-corrected chi connectivity index (χ1v) is 6.64. The Balaban J connectivity index is 0.00000180. The zero-order valence-electron chi connectivity index (χ0n) is 10.5. The van der Waals surface area contributed by atoms with Crippen molar-refractivity contribution in [2.24, 2.45) is 0 Å². The van der Waals surface area contributed by atoms with Crippen LogP contribution in [0, 0.1) is 0 Å². The number of hydrogen-bond acceptors (Lipinski definition) is 1. The molecular weight excluding hydrogens is 301 g/mol. The Kier molecular flexibility index (Phi) is 6.67. The van der Waals surface area contributed by atoms with E-state index in [1.807, 2.05) is 30.3 Å². The topological polar surface area (TPSA) is 12.0 Å². The molecule has 1 atom stereocenters. The number of benzene rings is 2. The summed E-state index contributed by atoms with van der Waals surface area (Å²) >= 11 is 12.0. The lowest BCUT2D eigenvalue weighted by Crippen LogP contribution is -3.00. The third-order valence-electron chi connectivity index (χ3n) is 2.91. The van der Waals surface area contributed by atoms with Gasteiger partial charge in [-0.3, -0.25) is 0 Å². The van der Waals surface area contributed by atoms with E-state index in [1.54, 1.807) is 6.07 Å². The van der Waals surface area contributed by atoms with Gasteiger partial charge in [0.1, 0.15) is 0 Å². The molecule has 1 N–H and O–H groups in total. The number of rotatable bonds is 4. The summed E-state index contributed by atoms with van der Waals surface area (Å²) in [6, 6.07) is 16.2. The van der Waals surface area contributed by atoms with Gasteiger partial charge in [0.2, 0.25) is 0 Å². The van der Waals surface area contributed by atoms with Gasteiger partial charge in [-0.2, -0.15) is 0 Å². The molecule has 0 aliphatic rings. The lowest BCUT2D eigenvalue weighted by atomic mass is 10.1. The van der Waals surface area contributed by atoms with Gasteiger partial charge in [0.15, 0.2) is 0 Å². The average molecular weight is 316 g/mol. The lowest BCUT2D eigenvalue weighted by Gasteiger charge is -2.15. The van der Waals surface area contributed by atoms with Crippen molar-refractivity contribution in [2.45, 2.75) is 19.5 Å². The summed E-state index contributed by atoms with van der Waals surface area (Å²) in [6.07, 6.45) is 0. The Labute approximate surface area is 130 Å². The molecule has 0 aliphatic carbocycles.